The lowest BCUT2D eigenvalue weighted by molar-refractivity contribution is -0.194. The predicted octanol–water partition coefficient (Wildman–Crippen LogP) is 4.17. The van der Waals surface area contributed by atoms with Crippen molar-refractivity contribution in [1.82, 2.24) is 0 Å². The van der Waals surface area contributed by atoms with Crippen LogP contribution in [0.1, 0.15) is 51.5 Å². The Kier molecular flexibility index (Phi) is 4.48. The predicted molar refractivity (Wildman–Crippen MR) is 97.3 cm³/mol. The van der Waals surface area contributed by atoms with Crippen LogP contribution in [0.3, 0.4) is 0 Å². The molecule has 6 atom stereocenters. The van der Waals surface area contributed by atoms with E-state index in [9.17, 15) is 4.79 Å². The Bertz CT molecular complexity index is 644. The number of cyclic esters (lactones) is 1. The lowest BCUT2D eigenvalue weighted by Gasteiger charge is -2.39. The SMILES string of the molecule is CC1CCC(C(C)C)C(O[C@@H]2OC(=O)[C@H]3c4ccccc4NC[C@@H]23)C1. The Morgan fingerprint density at radius 1 is 1.24 bits per heavy atom. The van der Waals surface area contributed by atoms with E-state index < -0.39 is 6.29 Å². The summed E-state index contributed by atoms with van der Waals surface area (Å²) in [5.74, 6) is 1.56. The highest BCUT2D eigenvalue weighted by Crippen LogP contribution is 2.45. The van der Waals surface area contributed by atoms with E-state index in [0.29, 0.717) is 17.8 Å². The second kappa shape index (κ2) is 6.64. The van der Waals surface area contributed by atoms with E-state index in [0.717, 1.165) is 24.2 Å². The molecule has 1 aromatic carbocycles. The molecule has 25 heavy (non-hydrogen) atoms. The van der Waals surface area contributed by atoms with Crippen molar-refractivity contribution >= 4 is 11.7 Å². The molecule has 4 heteroatoms. The zero-order valence-electron chi connectivity index (χ0n) is 15.4. The molecule has 3 aliphatic rings. The lowest BCUT2D eigenvalue weighted by Crippen LogP contribution is -2.40. The first-order valence-corrected chi connectivity index (χ1v) is 9.73. The Morgan fingerprint density at radius 2 is 2.04 bits per heavy atom. The first-order valence-electron chi connectivity index (χ1n) is 9.73. The molecule has 136 valence electrons. The van der Waals surface area contributed by atoms with Gasteiger partial charge in [0.25, 0.3) is 0 Å². The summed E-state index contributed by atoms with van der Waals surface area (Å²) in [6.07, 6.45) is 3.32. The van der Waals surface area contributed by atoms with Crippen molar-refractivity contribution in [3.63, 3.8) is 0 Å². The van der Waals surface area contributed by atoms with E-state index in [1.165, 1.54) is 12.8 Å². The molecule has 0 aromatic heterocycles. The van der Waals surface area contributed by atoms with Gasteiger partial charge in [-0.1, -0.05) is 45.4 Å². The van der Waals surface area contributed by atoms with Crippen LogP contribution in [-0.2, 0) is 14.3 Å². The number of carbonyl (C=O) groups is 1. The molecule has 0 radical (unpaired) electrons. The average molecular weight is 343 g/mol. The van der Waals surface area contributed by atoms with E-state index in [4.69, 9.17) is 9.47 Å². The highest BCUT2D eigenvalue weighted by atomic mass is 16.7. The van der Waals surface area contributed by atoms with Crippen LogP contribution in [0.5, 0.6) is 0 Å². The summed E-state index contributed by atoms with van der Waals surface area (Å²) >= 11 is 0. The topological polar surface area (TPSA) is 47.6 Å². The summed E-state index contributed by atoms with van der Waals surface area (Å²) in [6.45, 7) is 7.58. The summed E-state index contributed by atoms with van der Waals surface area (Å²) in [7, 11) is 0. The van der Waals surface area contributed by atoms with Crippen LogP contribution >= 0.6 is 0 Å². The first-order chi connectivity index (χ1) is 12.0. The fourth-order valence-electron chi connectivity index (χ4n) is 4.91. The molecule has 2 heterocycles. The Hall–Kier alpha value is -1.55. The van der Waals surface area contributed by atoms with Crippen LogP contribution in [0.2, 0.25) is 0 Å². The molecule has 3 unspecified atom stereocenters. The second-order valence-corrected chi connectivity index (χ2v) is 8.42. The van der Waals surface area contributed by atoms with Crippen molar-refractivity contribution < 1.29 is 14.3 Å². The van der Waals surface area contributed by atoms with Gasteiger partial charge in [-0.3, -0.25) is 4.79 Å². The summed E-state index contributed by atoms with van der Waals surface area (Å²) in [5.41, 5.74) is 2.10. The summed E-state index contributed by atoms with van der Waals surface area (Å²) in [6, 6.07) is 8.05. The van der Waals surface area contributed by atoms with Crippen LogP contribution in [0.4, 0.5) is 5.69 Å². The summed E-state index contributed by atoms with van der Waals surface area (Å²) in [4.78, 5) is 12.6. The number of carbonyl (C=O) groups excluding carboxylic acids is 1. The van der Waals surface area contributed by atoms with Gasteiger partial charge in [0.05, 0.1) is 17.9 Å². The van der Waals surface area contributed by atoms with E-state index in [-0.39, 0.29) is 23.9 Å². The summed E-state index contributed by atoms with van der Waals surface area (Å²) < 4.78 is 12.2. The highest BCUT2D eigenvalue weighted by molar-refractivity contribution is 5.84. The smallest absolute Gasteiger partial charge is 0.316 e. The molecule has 4 nitrogen and oxygen atoms in total. The lowest BCUT2D eigenvalue weighted by atomic mass is 9.75. The van der Waals surface area contributed by atoms with Crippen LogP contribution in [0, 0.1) is 23.7 Å². The third-order valence-electron chi connectivity index (χ3n) is 6.36. The van der Waals surface area contributed by atoms with Crippen LogP contribution in [0.15, 0.2) is 24.3 Å². The fourth-order valence-corrected chi connectivity index (χ4v) is 4.91. The van der Waals surface area contributed by atoms with Gasteiger partial charge in [0, 0.05) is 12.2 Å². The van der Waals surface area contributed by atoms with E-state index in [1.54, 1.807) is 0 Å². The van der Waals surface area contributed by atoms with Gasteiger partial charge in [0.2, 0.25) is 6.29 Å². The molecule has 2 fully saturated rings. The second-order valence-electron chi connectivity index (χ2n) is 8.42. The van der Waals surface area contributed by atoms with Crippen molar-refractivity contribution in [3.05, 3.63) is 29.8 Å². The van der Waals surface area contributed by atoms with Gasteiger partial charge >= 0.3 is 5.97 Å². The number of fused-ring (bicyclic) bond motifs is 3. The molecular formula is C21H29NO3. The third-order valence-corrected chi connectivity index (χ3v) is 6.36. The number of benzene rings is 1. The van der Waals surface area contributed by atoms with Gasteiger partial charge < -0.3 is 14.8 Å². The van der Waals surface area contributed by atoms with Gasteiger partial charge in [-0.25, -0.2) is 0 Å². The van der Waals surface area contributed by atoms with Crippen molar-refractivity contribution in [2.75, 3.05) is 11.9 Å². The molecule has 2 aliphatic heterocycles. The average Bonchev–Trinajstić information content (AvgIpc) is 2.91. The molecule has 4 rings (SSSR count). The maximum absolute atomic E-state index is 12.6. The Morgan fingerprint density at radius 3 is 2.84 bits per heavy atom. The molecule has 1 N–H and O–H groups in total. The number of nitrogens with one attached hydrogen (secondary N) is 1. The van der Waals surface area contributed by atoms with Gasteiger partial charge in [-0.2, -0.15) is 0 Å². The molecule has 0 bridgehead atoms. The number of rotatable bonds is 3. The van der Waals surface area contributed by atoms with E-state index in [2.05, 4.69) is 26.1 Å². The number of anilines is 1. The van der Waals surface area contributed by atoms with Crippen LogP contribution in [-0.4, -0.2) is 24.9 Å². The van der Waals surface area contributed by atoms with E-state index >= 15 is 0 Å². The van der Waals surface area contributed by atoms with Gasteiger partial charge in [0.15, 0.2) is 0 Å². The fraction of sp³-hybridized carbons (Fsp3) is 0.667. The van der Waals surface area contributed by atoms with Crippen molar-refractivity contribution in [2.45, 2.75) is 58.3 Å². The quantitative estimate of drug-likeness (QED) is 0.837. The molecule has 1 aromatic rings. The van der Waals surface area contributed by atoms with Crippen molar-refractivity contribution in [3.8, 4) is 0 Å². The standard InChI is InChI=1S/C21H29NO3/c1-12(2)14-9-8-13(3)10-18(14)24-21-16-11-22-17-7-5-4-6-15(17)19(16)20(23)25-21/h4-7,12-14,16,18-19,21-22H,8-11H2,1-3H3/t13?,14?,16-,18?,19+,21-/m1/s1. The minimum absolute atomic E-state index is 0.0624. The summed E-state index contributed by atoms with van der Waals surface area (Å²) in [5, 5.41) is 3.45. The molecule has 0 spiro atoms. The Balaban J connectivity index is 1.53. The minimum Gasteiger partial charge on any atom is -0.435 e. The van der Waals surface area contributed by atoms with Gasteiger partial charge in [-0.15, -0.1) is 0 Å². The van der Waals surface area contributed by atoms with E-state index in [1.807, 2.05) is 24.3 Å². The van der Waals surface area contributed by atoms with Gasteiger partial charge in [0.1, 0.15) is 0 Å². The minimum atomic E-state index is -0.421. The zero-order chi connectivity index (χ0) is 17.6. The van der Waals surface area contributed by atoms with Crippen LogP contribution in [0.25, 0.3) is 0 Å². The molecule has 0 amide bonds. The molecular weight excluding hydrogens is 314 g/mol. The monoisotopic (exact) mass is 343 g/mol. The van der Waals surface area contributed by atoms with Crippen LogP contribution < -0.4 is 5.32 Å². The highest BCUT2D eigenvalue weighted by Gasteiger charge is 2.50. The zero-order valence-corrected chi connectivity index (χ0v) is 15.4. The van der Waals surface area contributed by atoms with Crippen molar-refractivity contribution in [1.29, 1.82) is 0 Å². The number of para-hydroxylation sites is 1. The Labute approximate surface area is 150 Å². The first kappa shape index (κ1) is 16.9. The number of hydrogen-bond donors (Lipinski definition) is 1. The third kappa shape index (κ3) is 3.05. The normalized spacial score (nSPS) is 37.2. The largest absolute Gasteiger partial charge is 0.435 e. The van der Waals surface area contributed by atoms with Crippen molar-refractivity contribution in [2.24, 2.45) is 23.7 Å². The maximum atomic E-state index is 12.6. The van der Waals surface area contributed by atoms with Gasteiger partial charge in [-0.05, 0) is 42.2 Å². The molecule has 1 saturated carbocycles. The number of ether oxygens (including phenoxy) is 2. The molecule has 1 aliphatic carbocycles. The molecule has 1 saturated heterocycles. The number of hydrogen-bond acceptors (Lipinski definition) is 4. The number of esters is 1. The maximum Gasteiger partial charge on any atom is 0.316 e.